The maximum absolute atomic E-state index is 12.5. The van der Waals surface area contributed by atoms with Gasteiger partial charge in [-0.05, 0) is 17.5 Å². The van der Waals surface area contributed by atoms with Crippen molar-refractivity contribution in [3.05, 3.63) is 71.2 Å². The van der Waals surface area contributed by atoms with Crippen LogP contribution in [0.2, 0.25) is 0 Å². The molecule has 140 valence electrons. The fourth-order valence-corrected chi connectivity index (χ4v) is 4.16. The summed E-state index contributed by atoms with van der Waals surface area (Å²) in [7, 11) is 1.91. The van der Waals surface area contributed by atoms with Gasteiger partial charge in [-0.1, -0.05) is 82.3 Å². The Bertz CT molecular complexity index is 1140. The molecular formula is C21H17BrN4OS. The van der Waals surface area contributed by atoms with Gasteiger partial charge in [0.25, 0.3) is 0 Å². The van der Waals surface area contributed by atoms with Crippen molar-refractivity contribution in [1.29, 1.82) is 0 Å². The number of rotatable bonds is 5. The van der Waals surface area contributed by atoms with E-state index >= 15 is 0 Å². The third-order valence-corrected chi connectivity index (χ3v) is 6.06. The van der Waals surface area contributed by atoms with E-state index in [-0.39, 0.29) is 11.7 Å². The lowest BCUT2D eigenvalue weighted by atomic mass is 10.1. The van der Waals surface area contributed by atoms with Gasteiger partial charge < -0.3 is 9.88 Å². The van der Waals surface area contributed by atoms with Gasteiger partial charge in [-0.25, -0.2) is 0 Å². The summed E-state index contributed by atoms with van der Waals surface area (Å²) in [6.07, 6.45) is 0. The first-order valence-electron chi connectivity index (χ1n) is 8.68. The second-order valence-electron chi connectivity index (χ2n) is 6.21. The highest BCUT2D eigenvalue weighted by Crippen LogP contribution is 2.30. The highest BCUT2D eigenvalue weighted by atomic mass is 79.9. The maximum Gasteiger partial charge on any atom is 0.234 e. The number of hydrogen-bond acceptors (Lipinski definition) is 4. The van der Waals surface area contributed by atoms with Gasteiger partial charge in [-0.3, -0.25) is 4.79 Å². The molecule has 5 nitrogen and oxygen atoms in total. The number of thioether (sulfide) groups is 1. The molecule has 0 fully saturated rings. The van der Waals surface area contributed by atoms with Crippen LogP contribution in [0.15, 0.2) is 76.4 Å². The molecule has 1 aromatic heterocycles. The molecule has 0 aliphatic carbocycles. The lowest BCUT2D eigenvalue weighted by Gasteiger charge is -2.10. The summed E-state index contributed by atoms with van der Waals surface area (Å²) < 4.78 is 2.91. The molecule has 0 bridgehead atoms. The quantitative estimate of drug-likeness (QED) is 0.426. The van der Waals surface area contributed by atoms with Crippen LogP contribution in [-0.2, 0) is 11.8 Å². The van der Waals surface area contributed by atoms with E-state index in [1.54, 1.807) is 0 Å². The van der Waals surface area contributed by atoms with Gasteiger partial charge in [0.1, 0.15) is 0 Å². The minimum atomic E-state index is -0.0817. The van der Waals surface area contributed by atoms with Crippen LogP contribution in [0.3, 0.4) is 0 Å². The Morgan fingerprint density at radius 2 is 1.71 bits per heavy atom. The first-order chi connectivity index (χ1) is 13.6. The van der Waals surface area contributed by atoms with Crippen LogP contribution < -0.4 is 5.32 Å². The van der Waals surface area contributed by atoms with E-state index in [2.05, 4.69) is 31.4 Å². The number of aromatic nitrogens is 3. The predicted octanol–water partition coefficient (Wildman–Crippen LogP) is 5.13. The van der Waals surface area contributed by atoms with Crippen molar-refractivity contribution >= 4 is 50.1 Å². The Labute approximate surface area is 175 Å². The highest BCUT2D eigenvalue weighted by molar-refractivity contribution is 9.10. The smallest absolute Gasteiger partial charge is 0.234 e. The summed E-state index contributed by atoms with van der Waals surface area (Å²) in [6, 6.07) is 21.7. The number of fused-ring (bicyclic) bond motifs is 1. The zero-order valence-electron chi connectivity index (χ0n) is 15.1. The second-order valence-corrected chi connectivity index (χ2v) is 8.01. The highest BCUT2D eigenvalue weighted by Gasteiger charge is 2.13. The summed E-state index contributed by atoms with van der Waals surface area (Å²) in [5, 5.41) is 14.2. The third-order valence-electron chi connectivity index (χ3n) is 4.34. The first kappa shape index (κ1) is 18.7. The molecule has 1 amide bonds. The van der Waals surface area contributed by atoms with Crippen molar-refractivity contribution in [2.24, 2.45) is 7.05 Å². The van der Waals surface area contributed by atoms with E-state index in [1.807, 2.05) is 78.3 Å². The minimum absolute atomic E-state index is 0.0817. The van der Waals surface area contributed by atoms with E-state index in [1.165, 1.54) is 11.8 Å². The molecule has 0 saturated carbocycles. The third kappa shape index (κ3) is 3.81. The van der Waals surface area contributed by atoms with Gasteiger partial charge in [0.2, 0.25) is 5.91 Å². The molecule has 3 aromatic carbocycles. The summed E-state index contributed by atoms with van der Waals surface area (Å²) in [5.74, 6) is 0.953. The molecule has 0 unspecified atom stereocenters. The SMILES string of the molecule is Cn1c(SCC(=O)Nc2ccc(Br)c3ccccc23)nnc1-c1ccccc1. The summed E-state index contributed by atoms with van der Waals surface area (Å²) in [6.45, 7) is 0. The summed E-state index contributed by atoms with van der Waals surface area (Å²) >= 11 is 4.92. The number of anilines is 1. The minimum Gasteiger partial charge on any atom is -0.325 e. The van der Waals surface area contributed by atoms with Crippen LogP contribution in [-0.4, -0.2) is 26.4 Å². The molecule has 4 aromatic rings. The molecule has 0 radical (unpaired) electrons. The number of carbonyl (C=O) groups excluding carboxylic acids is 1. The lowest BCUT2D eigenvalue weighted by Crippen LogP contribution is -2.14. The van der Waals surface area contributed by atoms with Gasteiger partial charge in [-0.15, -0.1) is 10.2 Å². The molecule has 0 aliphatic heterocycles. The van der Waals surface area contributed by atoms with Crippen molar-refractivity contribution in [2.75, 3.05) is 11.1 Å². The molecule has 1 N–H and O–H groups in total. The van der Waals surface area contributed by atoms with Gasteiger partial charge >= 0.3 is 0 Å². The number of nitrogens with one attached hydrogen (secondary N) is 1. The number of carbonyl (C=O) groups is 1. The number of hydrogen-bond donors (Lipinski definition) is 1. The first-order valence-corrected chi connectivity index (χ1v) is 10.5. The van der Waals surface area contributed by atoms with Gasteiger partial charge in [0.15, 0.2) is 11.0 Å². The van der Waals surface area contributed by atoms with Crippen molar-refractivity contribution in [1.82, 2.24) is 14.8 Å². The molecule has 4 rings (SSSR count). The normalized spacial score (nSPS) is 10.9. The van der Waals surface area contributed by atoms with Crippen LogP contribution in [0.1, 0.15) is 0 Å². The molecule has 0 spiro atoms. The number of amides is 1. The standard InChI is InChI=1S/C21H17BrN4OS/c1-26-20(14-7-3-2-4-8-14)24-25-21(26)28-13-19(27)23-18-12-11-17(22)15-9-5-6-10-16(15)18/h2-12H,13H2,1H3,(H,23,27). The van der Waals surface area contributed by atoms with E-state index in [0.717, 1.165) is 32.3 Å². The predicted molar refractivity (Wildman–Crippen MR) is 117 cm³/mol. The van der Waals surface area contributed by atoms with Gasteiger partial charge in [-0.2, -0.15) is 0 Å². The lowest BCUT2D eigenvalue weighted by molar-refractivity contribution is -0.113. The second kappa shape index (κ2) is 8.16. The van der Waals surface area contributed by atoms with Gasteiger partial charge in [0, 0.05) is 28.2 Å². The van der Waals surface area contributed by atoms with Gasteiger partial charge in [0.05, 0.1) is 5.75 Å². The van der Waals surface area contributed by atoms with E-state index in [0.29, 0.717) is 5.16 Å². The Balaban J connectivity index is 1.46. The Hall–Kier alpha value is -2.64. The molecular weight excluding hydrogens is 436 g/mol. The van der Waals surface area contributed by atoms with E-state index < -0.39 is 0 Å². The van der Waals surface area contributed by atoms with Crippen molar-refractivity contribution in [3.8, 4) is 11.4 Å². The van der Waals surface area contributed by atoms with E-state index in [4.69, 9.17) is 0 Å². The van der Waals surface area contributed by atoms with Crippen LogP contribution in [0.5, 0.6) is 0 Å². The van der Waals surface area contributed by atoms with Crippen LogP contribution in [0.25, 0.3) is 22.2 Å². The largest absolute Gasteiger partial charge is 0.325 e. The average molecular weight is 453 g/mol. The average Bonchev–Trinajstić information content (AvgIpc) is 3.10. The summed E-state index contributed by atoms with van der Waals surface area (Å²) in [5.41, 5.74) is 1.79. The topological polar surface area (TPSA) is 59.8 Å². The molecule has 0 saturated heterocycles. The zero-order valence-corrected chi connectivity index (χ0v) is 17.5. The van der Waals surface area contributed by atoms with Crippen LogP contribution in [0, 0.1) is 0 Å². The maximum atomic E-state index is 12.5. The summed E-state index contributed by atoms with van der Waals surface area (Å²) in [4.78, 5) is 12.5. The Kier molecular flexibility index (Phi) is 5.45. The molecule has 7 heteroatoms. The Morgan fingerprint density at radius 1 is 1.00 bits per heavy atom. The van der Waals surface area contributed by atoms with Crippen molar-refractivity contribution < 1.29 is 4.79 Å². The van der Waals surface area contributed by atoms with Crippen LogP contribution in [0.4, 0.5) is 5.69 Å². The zero-order chi connectivity index (χ0) is 19.5. The molecule has 1 heterocycles. The number of halogens is 1. The van der Waals surface area contributed by atoms with Crippen molar-refractivity contribution in [3.63, 3.8) is 0 Å². The van der Waals surface area contributed by atoms with Crippen molar-refractivity contribution in [2.45, 2.75) is 5.16 Å². The molecule has 0 aliphatic rings. The monoisotopic (exact) mass is 452 g/mol. The van der Waals surface area contributed by atoms with Crippen LogP contribution >= 0.6 is 27.7 Å². The molecule has 0 atom stereocenters. The number of benzene rings is 3. The fourth-order valence-electron chi connectivity index (χ4n) is 2.97. The fraction of sp³-hybridized carbons (Fsp3) is 0.0952. The van der Waals surface area contributed by atoms with E-state index in [9.17, 15) is 4.79 Å². The Morgan fingerprint density at radius 3 is 2.50 bits per heavy atom. The number of nitrogens with zero attached hydrogens (tertiary/aromatic N) is 3. The molecule has 28 heavy (non-hydrogen) atoms.